The average Bonchev–Trinajstić information content (AvgIpc) is 3.00. The Balaban J connectivity index is 1.93. The number of esters is 1. The van der Waals surface area contributed by atoms with Crippen LogP contribution in [0.25, 0.3) is 0 Å². The van der Waals surface area contributed by atoms with Gasteiger partial charge in [-0.2, -0.15) is 0 Å². The fourth-order valence-corrected chi connectivity index (χ4v) is 2.26. The predicted octanol–water partition coefficient (Wildman–Crippen LogP) is 1.41. The van der Waals surface area contributed by atoms with Crippen LogP contribution in [0.3, 0.4) is 0 Å². The maximum atomic E-state index is 11.7. The molecule has 1 unspecified atom stereocenters. The molecular formula is C14H16O6. The number of hydrogen-bond donors (Lipinski definition) is 0. The lowest BCUT2D eigenvalue weighted by molar-refractivity contribution is 0.0589. The molecule has 2 aliphatic rings. The van der Waals surface area contributed by atoms with Crippen molar-refractivity contribution < 1.29 is 28.5 Å². The third-order valence-electron chi connectivity index (χ3n) is 3.24. The van der Waals surface area contributed by atoms with Gasteiger partial charge in [0.15, 0.2) is 11.5 Å². The van der Waals surface area contributed by atoms with Gasteiger partial charge in [0, 0.05) is 6.42 Å². The van der Waals surface area contributed by atoms with Crippen LogP contribution in [0.4, 0.5) is 0 Å². The summed E-state index contributed by atoms with van der Waals surface area (Å²) in [5, 5.41) is 0. The Bertz CT molecular complexity index is 507. The Hall–Kier alpha value is -1.95. The highest BCUT2D eigenvalue weighted by atomic mass is 16.6. The van der Waals surface area contributed by atoms with Crippen LogP contribution in [-0.4, -0.2) is 45.6 Å². The van der Waals surface area contributed by atoms with E-state index in [9.17, 15) is 4.79 Å². The first-order valence-corrected chi connectivity index (χ1v) is 6.55. The molecule has 2 heterocycles. The molecule has 108 valence electrons. The molecule has 1 fully saturated rings. The van der Waals surface area contributed by atoms with Crippen molar-refractivity contribution in [2.45, 2.75) is 12.5 Å². The number of fused-ring (bicyclic) bond motifs is 1. The lowest BCUT2D eigenvalue weighted by Crippen LogP contribution is -2.21. The molecule has 0 bridgehead atoms. The van der Waals surface area contributed by atoms with Crippen LogP contribution in [0.5, 0.6) is 17.2 Å². The zero-order valence-corrected chi connectivity index (χ0v) is 11.2. The van der Waals surface area contributed by atoms with Gasteiger partial charge in [-0.1, -0.05) is 0 Å². The smallest absolute Gasteiger partial charge is 0.341 e. The van der Waals surface area contributed by atoms with E-state index in [0.29, 0.717) is 49.2 Å². The zero-order chi connectivity index (χ0) is 13.9. The van der Waals surface area contributed by atoms with E-state index in [4.69, 9.17) is 23.7 Å². The highest BCUT2D eigenvalue weighted by Crippen LogP contribution is 2.43. The standard InChI is InChI=1S/C14H16O6/c1-16-14(15)10-2-3-11(20-9-4-5-17-8-9)13-12(10)18-6-7-19-13/h2-3,9H,4-8H2,1H3. The van der Waals surface area contributed by atoms with Gasteiger partial charge < -0.3 is 23.7 Å². The van der Waals surface area contributed by atoms with Gasteiger partial charge in [-0.15, -0.1) is 0 Å². The number of methoxy groups -OCH3 is 1. The molecule has 0 amide bonds. The maximum Gasteiger partial charge on any atom is 0.341 e. The van der Waals surface area contributed by atoms with Crippen LogP contribution in [0.2, 0.25) is 0 Å². The molecule has 0 aliphatic carbocycles. The van der Waals surface area contributed by atoms with Gasteiger partial charge in [-0.3, -0.25) is 0 Å². The summed E-state index contributed by atoms with van der Waals surface area (Å²) < 4.78 is 27.0. The third-order valence-corrected chi connectivity index (χ3v) is 3.24. The molecule has 0 radical (unpaired) electrons. The lowest BCUT2D eigenvalue weighted by atomic mass is 10.1. The Morgan fingerprint density at radius 3 is 2.70 bits per heavy atom. The van der Waals surface area contributed by atoms with E-state index in [0.717, 1.165) is 6.42 Å². The summed E-state index contributed by atoms with van der Waals surface area (Å²) in [5.74, 6) is 0.968. The Morgan fingerprint density at radius 1 is 1.20 bits per heavy atom. The number of carbonyl (C=O) groups is 1. The van der Waals surface area contributed by atoms with Gasteiger partial charge in [-0.25, -0.2) is 4.79 Å². The van der Waals surface area contributed by atoms with Gasteiger partial charge >= 0.3 is 5.97 Å². The van der Waals surface area contributed by atoms with Crippen molar-refractivity contribution in [3.63, 3.8) is 0 Å². The maximum absolute atomic E-state index is 11.7. The van der Waals surface area contributed by atoms with Crippen LogP contribution >= 0.6 is 0 Å². The third kappa shape index (κ3) is 2.38. The largest absolute Gasteiger partial charge is 0.485 e. The van der Waals surface area contributed by atoms with Crippen molar-refractivity contribution in [2.75, 3.05) is 33.5 Å². The molecule has 0 aromatic heterocycles. The van der Waals surface area contributed by atoms with Crippen molar-refractivity contribution in [3.8, 4) is 17.2 Å². The minimum atomic E-state index is -0.456. The Kier molecular flexibility index (Phi) is 3.64. The number of rotatable bonds is 3. The molecule has 3 rings (SSSR count). The minimum Gasteiger partial charge on any atom is -0.485 e. The molecule has 6 heteroatoms. The average molecular weight is 280 g/mol. The number of ether oxygens (including phenoxy) is 5. The molecule has 0 N–H and O–H groups in total. The lowest BCUT2D eigenvalue weighted by Gasteiger charge is -2.24. The summed E-state index contributed by atoms with van der Waals surface area (Å²) in [6, 6.07) is 3.34. The highest BCUT2D eigenvalue weighted by Gasteiger charge is 2.27. The molecule has 1 aromatic rings. The van der Waals surface area contributed by atoms with Crippen molar-refractivity contribution in [1.82, 2.24) is 0 Å². The number of carbonyl (C=O) groups excluding carboxylic acids is 1. The molecule has 0 spiro atoms. The van der Waals surface area contributed by atoms with E-state index in [-0.39, 0.29) is 6.10 Å². The van der Waals surface area contributed by atoms with E-state index in [1.807, 2.05) is 0 Å². The van der Waals surface area contributed by atoms with Crippen LogP contribution in [0, 0.1) is 0 Å². The van der Waals surface area contributed by atoms with Crippen molar-refractivity contribution in [1.29, 1.82) is 0 Å². The van der Waals surface area contributed by atoms with Gasteiger partial charge in [0.2, 0.25) is 5.75 Å². The normalized spacial score (nSPS) is 20.6. The summed E-state index contributed by atoms with van der Waals surface area (Å²) in [5.41, 5.74) is 0.345. The van der Waals surface area contributed by atoms with Crippen molar-refractivity contribution in [2.24, 2.45) is 0 Å². The molecule has 6 nitrogen and oxygen atoms in total. The summed E-state index contributed by atoms with van der Waals surface area (Å²) in [7, 11) is 1.33. The second kappa shape index (κ2) is 5.58. The number of hydrogen-bond acceptors (Lipinski definition) is 6. The highest BCUT2D eigenvalue weighted by molar-refractivity contribution is 5.94. The van der Waals surface area contributed by atoms with Crippen molar-refractivity contribution in [3.05, 3.63) is 17.7 Å². The summed E-state index contributed by atoms with van der Waals surface area (Å²) in [6.07, 6.45) is 0.850. The Morgan fingerprint density at radius 2 is 2.00 bits per heavy atom. The topological polar surface area (TPSA) is 63.2 Å². The fourth-order valence-electron chi connectivity index (χ4n) is 2.26. The first kappa shape index (κ1) is 13.1. The molecule has 1 atom stereocenters. The second-order valence-corrected chi connectivity index (χ2v) is 4.56. The summed E-state index contributed by atoms with van der Waals surface area (Å²) in [4.78, 5) is 11.7. The molecule has 20 heavy (non-hydrogen) atoms. The molecule has 1 aromatic carbocycles. The zero-order valence-electron chi connectivity index (χ0n) is 11.2. The van der Waals surface area contributed by atoms with Gasteiger partial charge in [0.25, 0.3) is 0 Å². The minimum absolute atomic E-state index is 0.00797. The first-order chi connectivity index (χ1) is 9.79. The van der Waals surface area contributed by atoms with Gasteiger partial charge in [-0.05, 0) is 12.1 Å². The van der Waals surface area contributed by atoms with Crippen LogP contribution in [0.15, 0.2) is 12.1 Å². The van der Waals surface area contributed by atoms with Crippen LogP contribution in [0.1, 0.15) is 16.8 Å². The molecule has 0 saturated carbocycles. The monoisotopic (exact) mass is 280 g/mol. The van der Waals surface area contributed by atoms with E-state index in [2.05, 4.69) is 0 Å². The van der Waals surface area contributed by atoms with E-state index in [1.165, 1.54) is 7.11 Å². The van der Waals surface area contributed by atoms with E-state index < -0.39 is 5.97 Å². The molecule has 1 saturated heterocycles. The summed E-state index contributed by atoms with van der Waals surface area (Å²) >= 11 is 0. The Labute approximate surface area is 116 Å². The molecule has 2 aliphatic heterocycles. The van der Waals surface area contributed by atoms with Crippen molar-refractivity contribution >= 4 is 5.97 Å². The predicted molar refractivity (Wildman–Crippen MR) is 68.6 cm³/mol. The SMILES string of the molecule is COC(=O)c1ccc(OC2CCOC2)c2c1OCCO2. The van der Waals surface area contributed by atoms with Crippen LogP contribution < -0.4 is 14.2 Å². The van der Waals surface area contributed by atoms with Gasteiger partial charge in [0.05, 0.1) is 20.3 Å². The quantitative estimate of drug-likeness (QED) is 0.780. The van der Waals surface area contributed by atoms with E-state index >= 15 is 0 Å². The molecular weight excluding hydrogens is 264 g/mol. The first-order valence-electron chi connectivity index (χ1n) is 6.55. The van der Waals surface area contributed by atoms with E-state index in [1.54, 1.807) is 12.1 Å². The number of benzene rings is 1. The van der Waals surface area contributed by atoms with Crippen LogP contribution in [-0.2, 0) is 9.47 Å². The summed E-state index contributed by atoms with van der Waals surface area (Å²) in [6.45, 7) is 2.08. The fraction of sp³-hybridized carbons (Fsp3) is 0.500. The van der Waals surface area contributed by atoms with Gasteiger partial charge in [0.1, 0.15) is 24.9 Å². The second-order valence-electron chi connectivity index (χ2n) is 4.56.